The highest BCUT2D eigenvalue weighted by Crippen LogP contribution is 2.23. The fraction of sp³-hybridized carbons (Fsp3) is 0.333. The monoisotopic (exact) mass is 235 g/mol. The summed E-state index contributed by atoms with van der Waals surface area (Å²) in [4.78, 5) is 23.9. The number of carboxylic acids is 1. The van der Waals surface area contributed by atoms with Crippen molar-refractivity contribution in [2.45, 2.75) is 19.0 Å². The normalized spacial score (nSPS) is 18.4. The van der Waals surface area contributed by atoms with E-state index < -0.39 is 18.1 Å². The molecule has 1 aromatic carbocycles. The Morgan fingerprint density at radius 1 is 1.35 bits per heavy atom. The van der Waals surface area contributed by atoms with Crippen molar-refractivity contribution < 1.29 is 19.4 Å². The van der Waals surface area contributed by atoms with Gasteiger partial charge in [-0.2, -0.15) is 0 Å². The van der Waals surface area contributed by atoms with Crippen LogP contribution in [0.4, 0.5) is 4.79 Å². The van der Waals surface area contributed by atoms with E-state index >= 15 is 0 Å². The van der Waals surface area contributed by atoms with Crippen molar-refractivity contribution in [3.63, 3.8) is 0 Å². The summed E-state index contributed by atoms with van der Waals surface area (Å²) in [6.45, 7) is 0.278. The molecule has 5 nitrogen and oxygen atoms in total. The number of methoxy groups -OCH3 is 1. The van der Waals surface area contributed by atoms with Gasteiger partial charge in [0.25, 0.3) is 0 Å². The van der Waals surface area contributed by atoms with Gasteiger partial charge in [-0.15, -0.1) is 0 Å². The zero-order valence-corrected chi connectivity index (χ0v) is 9.42. The van der Waals surface area contributed by atoms with Crippen LogP contribution in [0.3, 0.4) is 0 Å². The van der Waals surface area contributed by atoms with E-state index in [2.05, 4.69) is 4.74 Å². The molecule has 1 aliphatic heterocycles. The summed E-state index contributed by atoms with van der Waals surface area (Å²) in [5.41, 5.74) is 1.94. The van der Waals surface area contributed by atoms with E-state index in [1.165, 1.54) is 12.0 Å². The Kier molecular flexibility index (Phi) is 2.99. The molecule has 5 heteroatoms. The van der Waals surface area contributed by atoms with Gasteiger partial charge in [-0.3, -0.25) is 4.90 Å². The summed E-state index contributed by atoms with van der Waals surface area (Å²) in [6, 6.07) is 6.67. The molecule has 0 bridgehead atoms. The molecule has 0 radical (unpaired) electrons. The van der Waals surface area contributed by atoms with Gasteiger partial charge in [-0.1, -0.05) is 24.3 Å². The quantitative estimate of drug-likeness (QED) is 0.795. The molecule has 1 unspecified atom stereocenters. The number of benzene rings is 1. The number of rotatable bonds is 1. The van der Waals surface area contributed by atoms with Crippen molar-refractivity contribution in [2.24, 2.45) is 0 Å². The number of fused-ring (bicyclic) bond motifs is 1. The topological polar surface area (TPSA) is 66.8 Å². The van der Waals surface area contributed by atoms with E-state index in [-0.39, 0.29) is 6.54 Å². The van der Waals surface area contributed by atoms with E-state index in [1.807, 2.05) is 24.3 Å². The van der Waals surface area contributed by atoms with Crippen LogP contribution < -0.4 is 0 Å². The number of carboxylic acid groups (broad SMARTS) is 1. The number of aliphatic carboxylic acids is 1. The first-order valence-corrected chi connectivity index (χ1v) is 5.27. The molecule has 0 fully saturated rings. The van der Waals surface area contributed by atoms with Gasteiger partial charge < -0.3 is 9.84 Å². The summed E-state index contributed by atoms with van der Waals surface area (Å²) in [6.07, 6.45) is -0.285. The fourth-order valence-corrected chi connectivity index (χ4v) is 2.05. The molecule has 1 N–H and O–H groups in total. The second-order valence-electron chi connectivity index (χ2n) is 3.92. The molecule has 0 aromatic heterocycles. The van der Waals surface area contributed by atoms with E-state index in [4.69, 9.17) is 5.11 Å². The SMILES string of the molecule is COC(=O)N1Cc2ccccc2CC1C(=O)O. The minimum absolute atomic E-state index is 0.278. The van der Waals surface area contributed by atoms with Crippen LogP contribution >= 0.6 is 0 Å². The van der Waals surface area contributed by atoms with Crippen molar-refractivity contribution in [2.75, 3.05) is 7.11 Å². The predicted octanol–water partition coefficient (Wildman–Crippen LogP) is 1.26. The van der Waals surface area contributed by atoms with Gasteiger partial charge >= 0.3 is 12.1 Å². The van der Waals surface area contributed by atoms with Gasteiger partial charge in [0.15, 0.2) is 0 Å². The number of nitrogens with zero attached hydrogens (tertiary/aromatic N) is 1. The Hall–Kier alpha value is -2.04. The van der Waals surface area contributed by atoms with Crippen LogP contribution in [0.5, 0.6) is 0 Å². The van der Waals surface area contributed by atoms with Crippen LogP contribution in [0.2, 0.25) is 0 Å². The highest BCUT2D eigenvalue weighted by Gasteiger charge is 2.34. The van der Waals surface area contributed by atoms with Gasteiger partial charge in [0.05, 0.1) is 13.7 Å². The molecule has 1 heterocycles. The highest BCUT2D eigenvalue weighted by atomic mass is 16.5. The third kappa shape index (κ3) is 2.08. The molecule has 17 heavy (non-hydrogen) atoms. The first-order valence-electron chi connectivity index (χ1n) is 5.27. The molecular formula is C12H13NO4. The Balaban J connectivity index is 2.34. The van der Waals surface area contributed by atoms with Crippen LogP contribution in [0, 0.1) is 0 Å². The average molecular weight is 235 g/mol. The van der Waals surface area contributed by atoms with Gasteiger partial charge in [0.2, 0.25) is 0 Å². The summed E-state index contributed by atoms with van der Waals surface area (Å²) in [5.74, 6) is -1.01. The zero-order chi connectivity index (χ0) is 12.4. The molecule has 0 saturated carbocycles. The van der Waals surface area contributed by atoms with Crippen molar-refractivity contribution in [3.8, 4) is 0 Å². The van der Waals surface area contributed by atoms with Crippen molar-refractivity contribution in [1.29, 1.82) is 0 Å². The zero-order valence-electron chi connectivity index (χ0n) is 9.42. The van der Waals surface area contributed by atoms with Gasteiger partial charge in [-0.25, -0.2) is 9.59 Å². The fourth-order valence-electron chi connectivity index (χ4n) is 2.05. The van der Waals surface area contributed by atoms with Crippen molar-refractivity contribution in [1.82, 2.24) is 4.90 Å². The third-order valence-electron chi connectivity index (χ3n) is 2.94. The van der Waals surface area contributed by atoms with E-state index in [9.17, 15) is 9.59 Å². The summed E-state index contributed by atoms with van der Waals surface area (Å²) in [5, 5.41) is 9.13. The average Bonchev–Trinajstić information content (AvgIpc) is 2.36. The Morgan fingerprint density at radius 3 is 2.59 bits per heavy atom. The van der Waals surface area contributed by atoms with Crippen molar-refractivity contribution >= 4 is 12.1 Å². The smallest absolute Gasteiger partial charge is 0.410 e. The molecule has 1 amide bonds. The second kappa shape index (κ2) is 4.45. The minimum Gasteiger partial charge on any atom is -0.480 e. The van der Waals surface area contributed by atoms with Gasteiger partial charge in [0, 0.05) is 6.42 Å². The summed E-state index contributed by atoms with van der Waals surface area (Å²) < 4.78 is 4.61. The summed E-state index contributed by atoms with van der Waals surface area (Å²) in [7, 11) is 1.25. The predicted molar refractivity (Wildman–Crippen MR) is 59.5 cm³/mol. The standard InChI is InChI=1S/C12H13NO4/c1-17-12(16)13-7-9-5-3-2-4-8(9)6-10(13)11(14)15/h2-5,10H,6-7H2,1H3,(H,14,15). The lowest BCUT2D eigenvalue weighted by Crippen LogP contribution is -2.48. The molecule has 0 spiro atoms. The van der Waals surface area contributed by atoms with Crippen LogP contribution in [0.1, 0.15) is 11.1 Å². The van der Waals surface area contributed by atoms with Gasteiger partial charge in [-0.05, 0) is 11.1 Å². The first-order chi connectivity index (χ1) is 8.13. The third-order valence-corrected chi connectivity index (χ3v) is 2.94. The van der Waals surface area contributed by atoms with Crippen LogP contribution in [-0.4, -0.2) is 35.2 Å². The molecule has 0 aliphatic carbocycles. The van der Waals surface area contributed by atoms with Crippen LogP contribution in [0.15, 0.2) is 24.3 Å². The highest BCUT2D eigenvalue weighted by molar-refractivity contribution is 5.81. The van der Waals surface area contributed by atoms with Crippen LogP contribution in [-0.2, 0) is 22.5 Å². The maximum absolute atomic E-state index is 11.5. The number of carbonyl (C=O) groups excluding carboxylic acids is 1. The molecule has 0 saturated heterocycles. The number of amides is 1. The maximum atomic E-state index is 11.5. The molecule has 1 aliphatic rings. The molecule has 90 valence electrons. The van der Waals surface area contributed by atoms with Crippen LogP contribution in [0.25, 0.3) is 0 Å². The molecule has 1 aromatic rings. The number of hydrogen-bond donors (Lipinski definition) is 1. The lowest BCUT2D eigenvalue weighted by molar-refractivity contribution is -0.143. The Bertz CT molecular complexity index is 458. The molecule has 1 atom stereocenters. The second-order valence-corrected chi connectivity index (χ2v) is 3.92. The Labute approximate surface area is 98.6 Å². The first kappa shape index (κ1) is 11.4. The van der Waals surface area contributed by atoms with E-state index in [1.54, 1.807) is 0 Å². The van der Waals surface area contributed by atoms with Gasteiger partial charge in [0.1, 0.15) is 6.04 Å². The number of hydrogen-bond acceptors (Lipinski definition) is 3. The lowest BCUT2D eigenvalue weighted by Gasteiger charge is -2.33. The van der Waals surface area contributed by atoms with E-state index in [0.29, 0.717) is 6.42 Å². The van der Waals surface area contributed by atoms with E-state index in [0.717, 1.165) is 11.1 Å². The minimum atomic E-state index is -1.01. The number of carbonyl (C=O) groups is 2. The largest absolute Gasteiger partial charge is 0.480 e. The summed E-state index contributed by atoms with van der Waals surface area (Å²) >= 11 is 0. The lowest BCUT2D eigenvalue weighted by atomic mass is 9.94. The van der Waals surface area contributed by atoms with Crippen molar-refractivity contribution in [3.05, 3.63) is 35.4 Å². The molecule has 2 rings (SSSR count). The molecular weight excluding hydrogens is 222 g/mol. The number of ether oxygens (including phenoxy) is 1. The Morgan fingerprint density at radius 2 is 2.00 bits per heavy atom. The maximum Gasteiger partial charge on any atom is 0.410 e.